The Kier molecular flexibility index (Phi) is 8.70. The van der Waals surface area contributed by atoms with E-state index in [1.807, 2.05) is 11.8 Å². The highest BCUT2D eigenvalue weighted by atomic mass is 32.1. The number of nitrogens with two attached hydrogens (primary N) is 1. The number of nitrogens with one attached hydrogen (secondary N) is 1. The maximum atomic E-state index is 13.2. The zero-order valence-corrected chi connectivity index (χ0v) is 22.3. The van der Waals surface area contributed by atoms with Crippen molar-refractivity contribution in [2.24, 2.45) is 16.6 Å². The number of halogens is 6. The molecular weight excluding hydrogens is 576 g/mol. The molecule has 4 N–H and O–H groups in total. The number of hydrogen-bond donors (Lipinski definition) is 3. The van der Waals surface area contributed by atoms with E-state index in [1.165, 1.54) is 17.8 Å². The number of thiazole rings is 1. The van der Waals surface area contributed by atoms with Crippen molar-refractivity contribution < 1.29 is 36.2 Å². The highest BCUT2D eigenvalue weighted by molar-refractivity contribution is 7.14. The van der Waals surface area contributed by atoms with Crippen molar-refractivity contribution in [3.8, 4) is 11.3 Å². The molecule has 3 aromatic rings. The third-order valence-corrected chi connectivity index (χ3v) is 7.40. The summed E-state index contributed by atoms with van der Waals surface area (Å²) in [6.45, 7) is 2.41. The fraction of sp³-hybridized carbons (Fsp3) is 0.400. The number of aliphatic imine (C=N–C) groups is 1. The van der Waals surface area contributed by atoms with Crippen LogP contribution in [0, 0.1) is 5.92 Å². The van der Waals surface area contributed by atoms with Crippen LogP contribution in [-0.2, 0) is 17.1 Å². The first-order valence-corrected chi connectivity index (χ1v) is 13.2. The summed E-state index contributed by atoms with van der Waals surface area (Å²) in [5.41, 5.74) is 3.04. The Labute approximate surface area is 234 Å². The van der Waals surface area contributed by atoms with Gasteiger partial charge in [-0.3, -0.25) is 4.79 Å². The van der Waals surface area contributed by atoms with Gasteiger partial charge in [0.1, 0.15) is 24.0 Å². The molecule has 0 amide bonds. The van der Waals surface area contributed by atoms with Crippen molar-refractivity contribution in [2.75, 3.05) is 23.4 Å². The smallest absolute Gasteiger partial charge is 0.416 e. The molecule has 4 rings (SSSR count). The number of piperidine rings is 1. The first-order chi connectivity index (χ1) is 19.3. The number of nitrogens with zero attached hydrogens (tertiary/aromatic N) is 5. The van der Waals surface area contributed by atoms with Crippen LogP contribution in [0.5, 0.6) is 0 Å². The van der Waals surface area contributed by atoms with E-state index in [2.05, 4.69) is 25.3 Å². The van der Waals surface area contributed by atoms with Crippen LogP contribution in [0.15, 0.2) is 41.0 Å². The van der Waals surface area contributed by atoms with Crippen LogP contribution >= 0.6 is 11.3 Å². The maximum Gasteiger partial charge on any atom is 0.416 e. The summed E-state index contributed by atoms with van der Waals surface area (Å²) in [4.78, 5) is 30.3. The van der Waals surface area contributed by atoms with E-state index in [4.69, 9.17) is 5.73 Å². The van der Waals surface area contributed by atoms with E-state index >= 15 is 0 Å². The lowest BCUT2D eigenvalue weighted by Crippen LogP contribution is -2.44. The SMILES string of the molecule is CCC1CC(C(=O)O)CCN1c1cnc(C(N)=NCNc2nc(-c3cc(C(F)(F)F)cc(C(F)(F)F)c3)cs2)cn1. The van der Waals surface area contributed by atoms with Crippen LogP contribution in [0.2, 0.25) is 0 Å². The number of aliphatic carboxylic acids is 1. The molecule has 1 aliphatic heterocycles. The van der Waals surface area contributed by atoms with E-state index in [9.17, 15) is 36.2 Å². The molecule has 2 atom stereocenters. The van der Waals surface area contributed by atoms with E-state index < -0.39 is 35.4 Å². The number of carboxylic acids is 1. The molecule has 41 heavy (non-hydrogen) atoms. The molecule has 0 radical (unpaired) electrons. The van der Waals surface area contributed by atoms with Crippen molar-refractivity contribution >= 4 is 34.1 Å². The Morgan fingerprint density at radius 3 is 2.39 bits per heavy atom. The molecule has 0 aliphatic carbocycles. The molecule has 1 aromatic carbocycles. The minimum atomic E-state index is -4.96. The summed E-state index contributed by atoms with van der Waals surface area (Å²) >= 11 is 0.975. The number of alkyl halides is 6. The molecular formula is C25H25F6N7O2S. The number of amidine groups is 1. The van der Waals surface area contributed by atoms with E-state index in [1.54, 1.807) is 0 Å². The zero-order chi connectivity index (χ0) is 29.9. The summed E-state index contributed by atoms with van der Waals surface area (Å²) in [6, 6.07) is 1.30. The number of aromatic nitrogens is 3. The van der Waals surface area contributed by atoms with E-state index in [0.717, 1.165) is 17.8 Å². The summed E-state index contributed by atoms with van der Waals surface area (Å²) in [5, 5.41) is 13.7. The lowest BCUT2D eigenvalue weighted by atomic mass is 9.89. The second-order valence-corrected chi connectivity index (χ2v) is 10.1. The van der Waals surface area contributed by atoms with Crippen molar-refractivity contribution in [1.82, 2.24) is 15.0 Å². The van der Waals surface area contributed by atoms with Crippen LogP contribution in [0.4, 0.5) is 37.3 Å². The normalized spacial score (nSPS) is 18.4. The minimum absolute atomic E-state index is 0.0133. The maximum absolute atomic E-state index is 13.2. The van der Waals surface area contributed by atoms with Gasteiger partial charge in [-0.15, -0.1) is 11.3 Å². The first kappa shape index (κ1) is 30.0. The highest BCUT2D eigenvalue weighted by Gasteiger charge is 2.37. The molecule has 3 heterocycles. The number of rotatable bonds is 8. The van der Waals surface area contributed by atoms with Crippen LogP contribution in [-0.4, -0.2) is 51.1 Å². The molecule has 1 aliphatic rings. The van der Waals surface area contributed by atoms with Crippen molar-refractivity contribution in [3.63, 3.8) is 0 Å². The predicted octanol–water partition coefficient (Wildman–Crippen LogP) is 5.49. The molecule has 2 aromatic heterocycles. The number of benzene rings is 1. The third kappa shape index (κ3) is 7.23. The Balaban J connectivity index is 1.41. The van der Waals surface area contributed by atoms with Crippen molar-refractivity contribution in [1.29, 1.82) is 0 Å². The average Bonchev–Trinajstić information content (AvgIpc) is 3.40. The minimum Gasteiger partial charge on any atom is -0.481 e. The topological polar surface area (TPSA) is 130 Å². The van der Waals surface area contributed by atoms with Gasteiger partial charge < -0.3 is 21.1 Å². The number of hydrogen-bond acceptors (Lipinski definition) is 8. The van der Waals surface area contributed by atoms with Gasteiger partial charge in [0, 0.05) is 23.5 Å². The van der Waals surface area contributed by atoms with Gasteiger partial charge in [-0.25, -0.2) is 19.9 Å². The number of carboxylic acid groups (broad SMARTS) is 1. The van der Waals surface area contributed by atoms with Gasteiger partial charge in [-0.05, 0) is 37.5 Å². The largest absolute Gasteiger partial charge is 0.481 e. The zero-order valence-electron chi connectivity index (χ0n) is 21.5. The predicted molar refractivity (Wildman–Crippen MR) is 141 cm³/mol. The van der Waals surface area contributed by atoms with Crippen LogP contribution < -0.4 is 16.0 Å². The fourth-order valence-corrected chi connectivity index (χ4v) is 5.14. The summed E-state index contributed by atoms with van der Waals surface area (Å²) in [7, 11) is 0. The Bertz CT molecular complexity index is 1380. The molecule has 16 heteroatoms. The van der Waals surface area contributed by atoms with Crippen molar-refractivity contribution in [3.05, 3.63) is 52.8 Å². The van der Waals surface area contributed by atoms with Crippen LogP contribution in [0.25, 0.3) is 11.3 Å². The summed E-state index contributed by atoms with van der Waals surface area (Å²) < 4.78 is 79.0. The molecule has 0 bridgehead atoms. The van der Waals surface area contributed by atoms with E-state index in [-0.39, 0.29) is 46.7 Å². The third-order valence-electron chi connectivity index (χ3n) is 6.60. The fourth-order valence-electron chi connectivity index (χ4n) is 4.43. The lowest BCUT2D eigenvalue weighted by Gasteiger charge is -2.38. The van der Waals surface area contributed by atoms with Crippen LogP contribution in [0.3, 0.4) is 0 Å². The van der Waals surface area contributed by atoms with Gasteiger partial charge in [0.15, 0.2) is 5.13 Å². The Morgan fingerprint density at radius 2 is 1.83 bits per heavy atom. The number of anilines is 2. The second-order valence-electron chi connectivity index (χ2n) is 9.29. The monoisotopic (exact) mass is 601 g/mol. The molecule has 1 saturated heterocycles. The van der Waals surface area contributed by atoms with Gasteiger partial charge in [0.2, 0.25) is 0 Å². The molecule has 2 unspecified atom stereocenters. The molecule has 1 fully saturated rings. The standard InChI is InChI=1S/C25H25F6N7O2S/c1-2-17-7-13(22(39)40)3-4-38(17)20-10-33-18(9-34-20)21(32)35-12-36-23-37-19(11-41-23)14-5-15(24(26,27)28)8-16(6-14)25(29,30)31/h5-6,8-11,13,17H,2-4,7,12H2,1H3,(H2,32,35)(H,36,37)(H,39,40). The van der Waals surface area contributed by atoms with Gasteiger partial charge >= 0.3 is 18.3 Å². The summed E-state index contributed by atoms with van der Waals surface area (Å²) in [6.07, 6.45) is -5.19. The van der Waals surface area contributed by atoms with E-state index in [0.29, 0.717) is 37.3 Å². The number of carbonyl (C=O) groups is 1. The first-order valence-electron chi connectivity index (χ1n) is 12.4. The van der Waals surface area contributed by atoms with Crippen molar-refractivity contribution in [2.45, 2.75) is 44.6 Å². The lowest BCUT2D eigenvalue weighted by molar-refractivity contribution is -0.144. The second kappa shape index (κ2) is 11.9. The van der Waals surface area contributed by atoms with Gasteiger partial charge in [-0.1, -0.05) is 6.92 Å². The summed E-state index contributed by atoms with van der Waals surface area (Å²) in [5.74, 6) is -0.566. The van der Waals surface area contributed by atoms with Gasteiger partial charge in [0.05, 0.1) is 35.1 Å². The highest BCUT2D eigenvalue weighted by Crippen LogP contribution is 2.39. The molecule has 0 spiro atoms. The van der Waals surface area contributed by atoms with Gasteiger partial charge in [-0.2, -0.15) is 26.3 Å². The molecule has 9 nitrogen and oxygen atoms in total. The quantitative estimate of drug-likeness (QED) is 0.176. The Morgan fingerprint density at radius 1 is 1.15 bits per heavy atom. The van der Waals surface area contributed by atoms with Crippen LogP contribution in [0.1, 0.15) is 43.0 Å². The average molecular weight is 602 g/mol. The molecule has 220 valence electrons. The molecule has 0 saturated carbocycles. The Hall–Kier alpha value is -3.95. The van der Waals surface area contributed by atoms with Gasteiger partial charge in [0.25, 0.3) is 0 Å².